The van der Waals surface area contributed by atoms with Crippen LogP contribution >= 0.6 is 24.8 Å². The van der Waals surface area contributed by atoms with Crippen molar-refractivity contribution in [3.8, 4) is 0 Å². The van der Waals surface area contributed by atoms with Crippen molar-refractivity contribution in [2.75, 3.05) is 0 Å². The quantitative estimate of drug-likeness (QED) is 0.308. The molecular weight excluding hydrogens is 572 g/mol. The van der Waals surface area contributed by atoms with E-state index in [1.54, 1.807) is 3.28 Å². The summed E-state index contributed by atoms with van der Waals surface area (Å²) in [5, 5.41) is 0. The van der Waals surface area contributed by atoms with Gasteiger partial charge in [0.25, 0.3) is 0 Å². The summed E-state index contributed by atoms with van der Waals surface area (Å²) in [5.74, 6) is 0.502. The Kier molecular flexibility index (Phi) is 9.53. The second kappa shape index (κ2) is 11.0. The van der Waals surface area contributed by atoms with E-state index in [1.165, 1.54) is 34.4 Å². The minimum atomic E-state index is -4.33. The number of benzene rings is 2. The smallest absolute Gasteiger partial charge is 0.147 e. The molecule has 4 rings (SSSR count). The van der Waals surface area contributed by atoms with Gasteiger partial charge in [-0.25, -0.2) is 0 Å². The maximum atomic E-state index is 13.4. The number of fused-ring (bicyclic) bond motifs is 1. The molecule has 0 amide bonds. The van der Waals surface area contributed by atoms with Crippen molar-refractivity contribution in [3.63, 3.8) is 0 Å². The Hall–Kier alpha value is -0.870. The Morgan fingerprint density at radius 1 is 0.882 bits per heavy atom. The van der Waals surface area contributed by atoms with Gasteiger partial charge in [-0.3, -0.25) is 0 Å². The van der Waals surface area contributed by atoms with E-state index >= 15 is 0 Å². The summed E-state index contributed by atoms with van der Waals surface area (Å²) in [6.07, 6.45) is -2.00. The minimum absolute atomic E-state index is 0. The van der Waals surface area contributed by atoms with Crippen LogP contribution < -0.4 is 0 Å². The van der Waals surface area contributed by atoms with Crippen molar-refractivity contribution in [3.05, 3.63) is 96.9 Å². The first-order valence-corrected chi connectivity index (χ1v) is 19.9. The van der Waals surface area contributed by atoms with Gasteiger partial charge in [0.15, 0.2) is 0 Å². The summed E-state index contributed by atoms with van der Waals surface area (Å²) in [6, 6.07) is 14.2. The van der Waals surface area contributed by atoms with Crippen molar-refractivity contribution in [2.24, 2.45) is 5.92 Å². The molecule has 0 bridgehead atoms. The largest absolute Gasteiger partial charge is 0.147 e. The summed E-state index contributed by atoms with van der Waals surface area (Å²) in [5.41, 5.74) is 7.41. The summed E-state index contributed by atoms with van der Waals surface area (Å²) in [6.45, 7) is 14.1. The van der Waals surface area contributed by atoms with E-state index in [4.69, 9.17) is 0 Å². The Labute approximate surface area is 221 Å². The van der Waals surface area contributed by atoms with E-state index in [-0.39, 0.29) is 24.8 Å². The normalized spacial score (nSPS) is 19.4. The number of alkyl halides is 3. The molecule has 2 aliphatic carbocycles. The van der Waals surface area contributed by atoms with E-state index in [2.05, 4.69) is 65.1 Å². The molecule has 34 heavy (non-hydrogen) atoms. The Bertz CT molecular complexity index is 1230. The fourth-order valence-corrected chi connectivity index (χ4v) is 24.9. The van der Waals surface area contributed by atoms with Gasteiger partial charge >= 0.3 is 198 Å². The fourth-order valence-electron chi connectivity index (χ4n) is 5.26. The van der Waals surface area contributed by atoms with Crippen LogP contribution in [0.5, 0.6) is 0 Å². The van der Waals surface area contributed by atoms with Crippen LogP contribution in [-0.4, -0.2) is 5.43 Å². The summed E-state index contributed by atoms with van der Waals surface area (Å²) in [7, 11) is 0. The first-order chi connectivity index (χ1) is 15.0. The van der Waals surface area contributed by atoms with Crippen LogP contribution in [-0.2, 0) is 26.5 Å². The molecule has 2 atom stereocenters. The van der Waals surface area contributed by atoms with Crippen molar-refractivity contribution in [2.45, 2.75) is 50.6 Å². The van der Waals surface area contributed by atoms with E-state index < -0.39 is 37.5 Å². The average molecular weight is 603 g/mol. The number of rotatable bonds is 3. The molecule has 182 valence electrons. The van der Waals surface area contributed by atoms with Gasteiger partial charge in [0.05, 0.1) is 0 Å². The van der Waals surface area contributed by atoms with Gasteiger partial charge in [0.1, 0.15) is 0 Å². The third-order valence-corrected chi connectivity index (χ3v) is 25.8. The molecule has 0 aliphatic heterocycles. The second-order valence-corrected chi connectivity index (χ2v) is 26.7. The standard InChI is InChI=1S/C16H10F3.C9H13.C2H6Si.2ClH.Zr/c17-16(18,19)13-6-3-5-12(10-13)15-9-8-11-4-1-2-7-14(11)15;1-6-5-7(2)9(4)8(6)3;1-3-2;;;/h1-10H;6H,1-4H3;1-2H3;2*1H;. The van der Waals surface area contributed by atoms with Crippen LogP contribution in [0.3, 0.4) is 0 Å². The topological polar surface area (TPSA) is 0 Å². The SMILES string of the molecule is CC1=C(C)C(C)[C]([Zr]([CH]2C=C(c3cccc(C(F)(F)F)c3)c3ccccc32)=[Si](C)C)=C1C.Cl.Cl. The maximum Gasteiger partial charge on any atom is -0.147 e. The predicted octanol–water partition coefficient (Wildman–Crippen LogP) is 9.16. The molecule has 0 N–H and O–H groups in total. The van der Waals surface area contributed by atoms with Gasteiger partial charge in [-0.2, -0.15) is 0 Å². The first kappa shape index (κ1) is 29.4. The van der Waals surface area contributed by atoms with E-state index in [1.807, 2.05) is 12.1 Å². The first-order valence-electron chi connectivity index (χ1n) is 11.1. The number of allylic oxidation sites excluding steroid dienone is 5. The number of hydrogen-bond donors (Lipinski definition) is 0. The molecule has 7 heteroatoms. The van der Waals surface area contributed by atoms with Crippen LogP contribution in [0.4, 0.5) is 13.2 Å². The second-order valence-electron chi connectivity index (χ2n) is 9.21. The van der Waals surface area contributed by atoms with Crippen LogP contribution in [0.15, 0.2) is 74.6 Å². The summed E-state index contributed by atoms with van der Waals surface area (Å²) in [4.78, 5) is 0. The van der Waals surface area contributed by atoms with Crippen LogP contribution in [0, 0.1) is 5.92 Å². The zero-order valence-electron chi connectivity index (χ0n) is 20.3. The molecule has 0 saturated heterocycles. The third kappa shape index (κ3) is 5.14. The van der Waals surface area contributed by atoms with Crippen LogP contribution in [0.2, 0.25) is 13.1 Å². The molecule has 0 heterocycles. The molecule has 2 aromatic rings. The minimum Gasteiger partial charge on any atom is -0.147 e. The van der Waals surface area contributed by atoms with Gasteiger partial charge < -0.3 is 0 Å². The van der Waals surface area contributed by atoms with Crippen molar-refractivity contribution in [1.29, 1.82) is 0 Å². The molecule has 2 aliphatic rings. The summed E-state index contributed by atoms with van der Waals surface area (Å²) < 4.78 is 42.3. The zero-order valence-corrected chi connectivity index (χ0v) is 25.4. The summed E-state index contributed by atoms with van der Waals surface area (Å²) >= 11 is -2.16. The van der Waals surface area contributed by atoms with Crippen LogP contribution in [0.25, 0.3) is 5.57 Å². The molecule has 0 aromatic heterocycles. The van der Waals surface area contributed by atoms with Crippen molar-refractivity contribution >= 4 is 35.8 Å². The molecule has 2 aromatic carbocycles. The number of hydrogen-bond acceptors (Lipinski definition) is 0. The van der Waals surface area contributed by atoms with Crippen molar-refractivity contribution in [1.82, 2.24) is 0 Å². The monoisotopic (exact) mass is 600 g/mol. The van der Waals surface area contributed by atoms with Gasteiger partial charge in [0.2, 0.25) is 0 Å². The Morgan fingerprint density at radius 3 is 2.09 bits per heavy atom. The van der Waals surface area contributed by atoms with E-state index in [0.29, 0.717) is 15.1 Å². The molecular formula is C27H31Cl2F3SiZr. The zero-order chi connectivity index (χ0) is 23.4. The fraction of sp³-hybridized carbons (Fsp3) is 0.333. The third-order valence-electron chi connectivity index (χ3n) is 7.20. The van der Waals surface area contributed by atoms with Gasteiger partial charge in [-0.1, -0.05) is 0 Å². The van der Waals surface area contributed by atoms with Crippen LogP contribution in [0.1, 0.15) is 53.6 Å². The molecule has 0 saturated carbocycles. The predicted molar refractivity (Wildman–Crippen MR) is 140 cm³/mol. The number of halogens is 5. The van der Waals surface area contributed by atoms with Crippen molar-refractivity contribution < 1.29 is 33.5 Å². The molecule has 0 fully saturated rings. The Morgan fingerprint density at radius 2 is 1.53 bits per heavy atom. The maximum absolute atomic E-state index is 13.4. The molecule has 0 nitrogen and oxygen atoms in total. The average Bonchev–Trinajstić information content (AvgIpc) is 3.21. The molecule has 0 radical (unpaired) electrons. The van der Waals surface area contributed by atoms with E-state index in [9.17, 15) is 13.2 Å². The van der Waals surface area contributed by atoms with Gasteiger partial charge in [0, 0.05) is 0 Å². The molecule has 0 spiro atoms. The Balaban J connectivity index is 0.00000204. The van der Waals surface area contributed by atoms with Gasteiger partial charge in [-0.15, -0.1) is 24.8 Å². The van der Waals surface area contributed by atoms with E-state index in [0.717, 1.165) is 17.2 Å². The van der Waals surface area contributed by atoms with Gasteiger partial charge in [-0.05, 0) is 0 Å². The molecule has 2 unspecified atom stereocenters.